The molecule has 1 aliphatic carbocycles. The van der Waals surface area contributed by atoms with E-state index in [0.29, 0.717) is 25.7 Å². The first-order chi connectivity index (χ1) is 9.12. The van der Waals surface area contributed by atoms with Gasteiger partial charge in [0.25, 0.3) is 0 Å². The van der Waals surface area contributed by atoms with Gasteiger partial charge in [0.1, 0.15) is 0 Å². The second-order valence-corrected chi connectivity index (χ2v) is 6.91. The molecule has 0 aliphatic heterocycles. The van der Waals surface area contributed by atoms with Crippen molar-refractivity contribution in [3.8, 4) is 0 Å². The summed E-state index contributed by atoms with van der Waals surface area (Å²) in [5.74, 6) is 0.169. The van der Waals surface area contributed by atoms with Gasteiger partial charge in [-0.2, -0.15) is 4.31 Å². The third-order valence-corrected chi connectivity index (χ3v) is 5.12. The zero-order chi connectivity index (χ0) is 13.7. The largest absolute Gasteiger partial charge is 0.313 e. The van der Waals surface area contributed by atoms with Gasteiger partial charge in [-0.1, -0.05) is 6.92 Å². The molecule has 0 atom stereocenters. The van der Waals surface area contributed by atoms with Gasteiger partial charge in [-0.25, -0.2) is 8.42 Å². The van der Waals surface area contributed by atoms with Gasteiger partial charge in [0.15, 0.2) is 0 Å². The van der Waals surface area contributed by atoms with Gasteiger partial charge < -0.3 is 5.32 Å². The van der Waals surface area contributed by atoms with Crippen molar-refractivity contribution in [2.45, 2.75) is 32.4 Å². The Morgan fingerprint density at radius 2 is 2.05 bits per heavy atom. The quantitative estimate of drug-likeness (QED) is 0.773. The van der Waals surface area contributed by atoms with E-state index in [-0.39, 0.29) is 5.75 Å². The molecule has 0 bridgehead atoms. The molecule has 0 spiro atoms. The maximum absolute atomic E-state index is 12.2. The van der Waals surface area contributed by atoms with Crippen LogP contribution in [0.25, 0.3) is 0 Å². The highest BCUT2D eigenvalue weighted by molar-refractivity contribution is 7.89. The van der Waals surface area contributed by atoms with Crippen molar-refractivity contribution >= 4 is 10.0 Å². The Morgan fingerprint density at radius 3 is 2.63 bits per heavy atom. The fraction of sp³-hybridized carbons (Fsp3) is 0.615. The Morgan fingerprint density at radius 1 is 1.37 bits per heavy atom. The zero-order valence-corrected chi connectivity index (χ0v) is 12.1. The Bertz CT molecular complexity index is 486. The molecule has 1 aromatic rings. The molecule has 0 aromatic carbocycles. The van der Waals surface area contributed by atoms with Crippen molar-refractivity contribution in [1.29, 1.82) is 0 Å². The average molecular weight is 283 g/mol. The Hall–Kier alpha value is -0.980. The molecule has 106 valence electrons. The number of nitrogens with one attached hydrogen (secondary N) is 1. The number of aromatic nitrogens is 1. The minimum absolute atomic E-state index is 0.169. The molecule has 1 N–H and O–H groups in total. The Labute approximate surface area is 115 Å². The molecule has 1 heterocycles. The molecule has 0 amide bonds. The molecule has 1 saturated carbocycles. The lowest BCUT2D eigenvalue weighted by atomic mass is 10.3. The van der Waals surface area contributed by atoms with E-state index < -0.39 is 10.0 Å². The van der Waals surface area contributed by atoms with Gasteiger partial charge in [0.2, 0.25) is 10.0 Å². The van der Waals surface area contributed by atoms with Crippen LogP contribution in [0.2, 0.25) is 0 Å². The topological polar surface area (TPSA) is 62.3 Å². The molecule has 19 heavy (non-hydrogen) atoms. The van der Waals surface area contributed by atoms with Gasteiger partial charge in [-0.05, 0) is 30.5 Å². The van der Waals surface area contributed by atoms with Crippen LogP contribution in [-0.2, 0) is 16.6 Å². The van der Waals surface area contributed by atoms with Crippen molar-refractivity contribution in [3.63, 3.8) is 0 Å². The fourth-order valence-corrected chi connectivity index (χ4v) is 3.28. The van der Waals surface area contributed by atoms with Crippen LogP contribution in [0.15, 0.2) is 24.5 Å². The second kappa shape index (κ2) is 6.45. The van der Waals surface area contributed by atoms with E-state index >= 15 is 0 Å². The number of rotatable bonds is 8. The van der Waals surface area contributed by atoms with Crippen LogP contribution in [0, 0.1) is 0 Å². The van der Waals surface area contributed by atoms with Crippen LogP contribution in [0.5, 0.6) is 0 Å². The van der Waals surface area contributed by atoms with E-state index in [4.69, 9.17) is 0 Å². The number of pyridine rings is 1. The molecule has 6 heteroatoms. The van der Waals surface area contributed by atoms with Gasteiger partial charge in [0, 0.05) is 38.1 Å². The monoisotopic (exact) mass is 283 g/mol. The summed E-state index contributed by atoms with van der Waals surface area (Å²) in [6, 6.07) is 4.24. The smallest absolute Gasteiger partial charge is 0.215 e. The molecule has 0 saturated heterocycles. The fourth-order valence-electron chi connectivity index (χ4n) is 1.91. The summed E-state index contributed by atoms with van der Waals surface area (Å²) in [4.78, 5) is 3.94. The molecular formula is C13H21N3O2S. The van der Waals surface area contributed by atoms with E-state index in [1.54, 1.807) is 12.4 Å². The summed E-state index contributed by atoms with van der Waals surface area (Å²) in [5.41, 5.74) is 0.968. The van der Waals surface area contributed by atoms with E-state index in [1.807, 2.05) is 19.1 Å². The first-order valence-electron chi connectivity index (χ1n) is 6.72. The van der Waals surface area contributed by atoms with Crippen LogP contribution >= 0.6 is 0 Å². The molecule has 1 aliphatic rings. The van der Waals surface area contributed by atoms with Crippen molar-refractivity contribution in [3.05, 3.63) is 30.1 Å². The van der Waals surface area contributed by atoms with Crippen LogP contribution in [0.4, 0.5) is 0 Å². The van der Waals surface area contributed by atoms with Crippen molar-refractivity contribution in [2.24, 2.45) is 0 Å². The average Bonchev–Trinajstić information content (AvgIpc) is 3.21. The van der Waals surface area contributed by atoms with Gasteiger partial charge in [0.05, 0.1) is 5.75 Å². The third-order valence-electron chi connectivity index (χ3n) is 3.22. The van der Waals surface area contributed by atoms with E-state index in [1.165, 1.54) is 17.1 Å². The van der Waals surface area contributed by atoms with Crippen LogP contribution < -0.4 is 5.32 Å². The Kier molecular flexibility index (Phi) is 4.90. The van der Waals surface area contributed by atoms with Crippen molar-refractivity contribution < 1.29 is 8.42 Å². The van der Waals surface area contributed by atoms with Crippen LogP contribution in [-0.4, -0.2) is 42.6 Å². The van der Waals surface area contributed by atoms with E-state index in [0.717, 1.165) is 5.56 Å². The summed E-state index contributed by atoms with van der Waals surface area (Å²) in [7, 11) is -3.19. The number of hydrogen-bond donors (Lipinski definition) is 1. The van der Waals surface area contributed by atoms with E-state index in [2.05, 4.69) is 10.3 Å². The first kappa shape index (κ1) is 14.4. The maximum Gasteiger partial charge on any atom is 0.215 e. The lowest BCUT2D eigenvalue weighted by molar-refractivity contribution is 0.422. The van der Waals surface area contributed by atoms with Gasteiger partial charge >= 0.3 is 0 Å². The van der Waals surface area contributed by atoms with Crippen molar-refractivity contribution in [2.75, 3.05) is 18.8 Å². The van der Waals surface area contributed by atoms with Crippen LogP contribution in [0.3, 0.4) is 0 Å². The summed E-state index contributed by atoms with van der Waals surface area (Å²) >= 11 is 0. The standard InChI is InChI=1S/C13H21N3O2S/c1-2-16(11-12-5-7-14-8-6-12)19(17,18)10-9-15-13-3-4-13/h5-8,13,15H,2-4,9-11H2,1H3. The number of nitrogens with zero attached hydrogens (tertiary/aromatic N) is 2. The predicted molar refractivity (Wildman–Crippen MR) is 75.1 cm³/mol. The minimum Gasteiger partial charge on any atom is -0.313 e. The lowest BCUT2D eigenvalue weighted by Gasteiger charge is -2.20. The number of hydrogen-bond acceptors (Lipinski definition) is 4. The molecule has 0 unspecified atom stereocenters. The highest BCUT2D eigenvalue weighted by Gasteiger charge is 2.24. The second-order valence-electron chi connectivity index (χ2n) is 4.83. The highest BCUT2D eigenvalue weighted by Crippen LogP contribution is 2.18. The molecule has 2 rings (SSSR count). The normalized spacial score (nSPS) is 15.9. The maximum atomic E-state index is 12.2. The minimum atomic E-state index is -3.19. The van der Waals surface area contributed by atoms with Gasteiger partial charge in [-0.15, -0.1) is 0 Å². The summed E-state index contributed by atoms with van der Waals surface area (Å²) in [6.07, 6.45) is 5.72. The predicted octanol–water partition coefficient (Wildman–Crippen LogP) is 0.985. The third kappa shape index (κ3) is 4.56. The zero-order valence-electron chi connectivity index (χ0n) is 11.2. The SMILES string of the molecule is CCN(Cc1ccncc1)S(=O)(=O)CCNC1CC1. The summed E-state index contributed by atoms with van der Waals surface area (Å²) in [6.45, 7) is 3.33. The summed E-state index contributed by atoms with van der Waals surface area (Å²) < 4.78 is 26.0. The lowest BCUT2D eigenvalue weighted by Crippen LogP contribution is -2.36. The highest BCUT2D eigenvalue weighted by atomic mass is 32.2. The van der Waals surface area contributed by atoms with Crippen molar-refractivity contribution in [1.82, 2.24) is 14.6 Å². The molecule has 1 fully saturated rings. The molecular weight excluding hydrogens is 262 g/mol. The first-order valence-corrected chi connectivity index (χ1v) is 8.33. The van der Waals surface area contributed by atoms with E-state index in [9.17, 15) is 8.42 Å². The molecule has 0 radical (unpaired) electrons. The molecule has 5 nitrogen and oxygen atoms in total. The Balaban J connectivity index is 1.90. The number of sulfonamides is 1. The summed E-state index contributed by atoms with van der Waals surface area (Å²) in [5, 5.41) is 3.24. The van der Waals surface area contributed by atoms with Crippen LogP contribution in [0.1, 0.15) is 25.3 Å². The molecule has 1 aromatic heterocycles. The van der Waals surface area contributed by atoms with Gasteiger partial charge in [-0.3, -0.25) is 4.98 Å².